The minimum atomic E-state index is -0.407. The number of nitrogens with zero attached hydrogens (tertiary/aromatic N) is 1. The number of rotatable bonds is 8. The molecule has 0 aromatic rings. The van der Waals surface area contributed by atoms with Gasteiger partial charge < -0.3 is 19.5 Å². The molecule has 0 fully saturated rings. The second-order valence-electron chi connectivity index (χ2n) is 3.68. The van der Waals surface area contributed by atoms with Crippen molar-refractivity contribution >= 4 is 0 Å². The van der Waals surface area contributed by atoms with Crippen molar-refractivity contribution in [1.82, 2.24) is 4.90 Å². The van der Waals surface area contributed by atoms with E-state index in [1.807, 2.05) is 7.05 Å². The highest BCUT2D eigenvalue weighted by Gasteiger charge is 2.13. The quantitative estimate of drug-likeness (QED) is 0.621. The van der Waals surface area contributed by atoms with Crippen molar-refractivity contribution in [1.29, 1.82) is 0 Å². The molecule has 0 amide bonds. The number of aliphatic hydroxyl groups excluding tert-OH is 1. The van der Waals surface area contributed by atoms with Gasteiger partial charge in [-0.1, -0.05) is 0 Å². The van der Waals surface area contributed by atoms with Crippen LogP contribution in [0, 0.1) is 0 Å². The molecule has 0 saturated heterocycles. The lowest BCUT2D eigenvalue weighted by Crippen LogP contribution is -2.38. The molecule has 4 heteroatoms. The van der Waals surface area contributed by atoms with Gasteiger partial charge in [0.2, 0.25) is 0 Å². The van der Waals surface area contributed by atoms with Crippen molar-refractivity contribution < 1.29 is 14.6 Å². The molecule has 0 aliphatic rings. The van der Waals surface area contributed by atoms with E-state index in [0.29, 0.717) is 19.2 Å². The van der Waals surface area contributed by atoms with Crippen LogP contribution in [0.3, 0.4) is 0 Å². The van der Waals surface area contributed by atoms with E-state index in [1.54, 1.807) is 14.2 Å². The Hall–Kier alpha value is -0.160. The smallest absolute Gasteiger partial charge is 0.0900 e. The van der Waals surface area contributed by atoms with E-state index >= 15 is 0 Å². The van der Waals surface area contributed by atoms with E-state index in [9.17, 15) is 5.11 Å². The van der Waals surface area contributed by atoms with Gasteiger partial charge in [0.1, 0.15) is 0 Å². The second kappa shape index (κ2) is 8.17. The first-order chi connectivity index (χ1) is 6.61. The summed E-state index contributed by atoms with van der Waals surface area (Å²) in [6.45, 7) is 3.91. The van der Waals surface area contributed by atoms with Crippen molar-refractivity contribution in [3.05, 3.63) is 0 Å². The van der Waals surface area contributed by atoms with E-state index in [4.69, 9.17) is 9.47 Å². The van der Waals surface area contributed by atoms with Gasteiger partial charge in [-0.25, -0.2) is 0 Å². The molecule has 4 nitrogen and oxygen atoms in total. The zero-order chi connectivity index (χ0) is 11.0. The topological polar surface area (TPSA) is 41.9 Å². The van der Waals surface area contributed by atoms with Crippen molar-refractivity contribution in [2.45, 2.75) is 25.5 Å². The fourth-order valence-electron chi connectivity index (χ4n) is 1.27. The first-order valence-corrected chi connectivity index (χ1v) is 4.98. The first-order valence-electron chi connectivity index (χ1n) is 4.98. The van der Waals surface area contributed by atoms with Crippen molar-refractivity contribution in [3.63, 3.8) is 0 Å². The Kier molecular flexibility index (Phi) is 8.08. The van der Waals surface area contributed by atoms with Crippen LogP contribution in [0.4, 0.5) is 0 Å². The van der Waals surface area contributed by atoms with Crippen LogP contribution in [0.2, 0.25) is 0 Å². The normalized spacial score (nSPS) is 15.9. The van der Waals surface area contributed by atoms with Gasteiger partial charge in [-0.3, -0.25) is 0 Å². The van der Waals surface area contributed by atoms with Gasteiger partial charge >= 0.3 is 0 Å². The highest BCUT2D eigenvalue weighted by molar-refractivity contribution is 4.67. The molecule has 0 bridgehead atoms. The van der Waals surface area contributed by atoms with Crippen LogP contribution >= 0.6 is 0 Å². The molecule has 0 saturated carbocycles. The van der Waals surface area contributed by atoms with E-state index in [2.05, 4.69) is 11.8 Å². The molecule has 2 atom stereocenters. The van der Waals surface area contributed by atoms with Crippen molar-refractivity contribution in [2.24, 2.45) is 0 Å². The van der Waals surface area contributed by atoms with Gasteiger partial charge in [0.15, 0.2) is 0 Å². The van der Waals surface area contributed by atoms with E-state index < -0.39 is 6.10 Å². The lowest BCUT2D eigenvalue weighted by molar-refractivity contribution is 0.0323. The fourth-order valence-corrected chi connectivity index (χ4v) is 1.27. The molecular formula is C10H23NO3. The molecule has 0 heterocycles. The Labute approximate surface area is 86.8 Å². The van der Waals surface area contributed by atoms with Crippen molar-refractivity contribution in [3.8, 4) is 0 Å². The van der Waals surface area contributed by atoms with E-state index in [0.717, 1.165) is 13.0 Å². The summed E-state index contributed by atoms with van der Waals surface area (Å²) in [5.41, 5.74) is 0. The molecule has 0 spiro atoms. The van der Waals surface area contributed by atoms with Gasteiger partial charge in [0.25, 0.3) is 0 Å². The number of ether oxygens (including phenoxy) is 2. The van der Waals surface area contributed by atoms with Crippen LogP contribution < -0.4 is 0 Å². The molecule has 14 heavy (non-hydrogen) atoms. The number of methoxy groups -OCH3 is 2. The maximum absolute atomic E-state index is 9.50. The second-order valence-corrected chi connectivity index (χ2v) is 3.68. The van der Waals surface area contributed by atoms with E-state index in [-0.39, 0.29) is 0 Å². The Morgan fingerprint density at radius 3 is 2.43 bits per heavy atom. The van der Waals surface area contributed by atoms with Gasteiger partial charge in [-0.05, 0) is 20.4 Å². The minimum absolute atomic E-state index is 0.390. The summed E-state index contributed by atoms with van der Waals surface area (Å²) in [6.07, 6.45) is 0.571. The molecule has 0 rings (SSSR count). The van der Waals surface area contributed by atoms with Gasteiger partial charge in [0.05, 0.1) is 12.7 Å². The molecule has 0 aromatic heterocycles. The predicted molar refractivity (Wildman–Crippen MR) is 56.5 cm³/mol. The molecule has 86 valence electrons. The fraction of sp³-hybridized carbons (Fsp3) is 1.00. The molecule has 2 unspecified atom stereocenters. The highest BCUT2D eigenvalue weighted by atomic mass is 16.5. The molecule has 1 N–H and O–H groups in total. The number of hydrogen-bond donors (Lipinski definition) is 1. The van der Waals surface area contributed by atoms with Gasteiger partial charge in [-0.15, -0.1) is 0 Å². The third kappa shape index (κ3) is 6.32. The molecule has 0 aromatic carbocycles. The van der Waals surface area contributed by atoms with Crippen LogP contribution in [0.25, 0.3) is 0 Å². The summed E-state index contributed by atoms with van der Waals surface area (Å²) < 4.78 is 9.87. The average Bonchev–Trinajstić information content (AvgIpc) is 2.14. The number of likely N-dealkylation sites (N-methyl/N-ethyl adjacent to an activating group) is 1. The van der Waals surface area contributed by atoms with Crippen molar-refractivity contribution in [2.75, 3.05) is 41.0 Å². The van der Waals surface area contributed by atoms with Gasteiger partial charge in [0, 0.05) is 33.4 Å². The molecule has 0 radical (unpaired) electrons. The van der Waals surface area contributed by atoms with Crippen LogP contribution in [-0.4, -0.2) is 63.2 Å². The summed E-state index contributed by atoms with van der Waals surface area (Å²) >= 11 is 0. The zero-order valence-electron chi connectivity index (χ0n) is 9.69. The summed E-state index contributed by atoms with van der Waals surface area (Å²) in [6, 6.07) is 0.418. The lowest BCUT2D eigenvalue weighted by Gasteiger charge is -2.26. The highest BCUT2D eigenvalue weighted by Crippen LogP contribution is 2.02. The minimum Gasteiger partial charge on any atom is -0.389 e. The maximum Gasteiger partial charge on any atom is 0.0900 e. The average molecular weight is 205 g/mol. The summed E-state index contributed by atoms with van der Waals surface area (Å²) in [5.74, 6) is 0. The van der Waals surface area contributed by atoms with Crippen LogP contribution in [0.5, 0.6) is 0 Å². The number of hydrogen-bond acceptors (Lipinski definition) is 4. The number of aliphatic hydroxyl groups is 1. The third-order valence-electron chi connectivity index (χ3n) is 2.35. The van der Waals surface area contributed by atoms with E-state index in [1.165, 1.54) is 0 Å². The van der Waals surface area contributed by atoms with Crippen LogP contribution in [0.15, 0.2) is 0 Å². The SMILES string of the molecule is COCCC(C)N(C)CC(O)COC. The Balaban J connectivity index is 3.64. The predicted octanol–water partition coefficient (Wildman–Crippen LogP) is 0.350. The van der Waals surface area contributed by atoms with Crippen LogP contribution in [0.1, 0.15) is 13.3 Å². The largest absolute Gasteiger partial charge is 0.389 e. The summed E-state index contributed by atoms with van der Waals surface area (Å²) in [4.78, 5) is 2.11. The Morgan fingerprint density at radius 2 is 1.93 bits per heavy atom. The lowest BCUT2D eigenvalue weighted by atomic mass is 10.2. The molecule has 0 aliphatic carbocycles. The Morgan fingerprint density at radius 1 is 1.29 bits per heavy atom. The van der Waals surface area contributed by atoms with Crippen LogP contribution in [-0.2, 0) is 9.47 Å². The first kappa shape index (κ1) is 13.8. The van der Waals surface area contributed by atoms with Gasteiger partial charge in [-0.2, -0.15) is 0 Å². The summed E-state index contributed by atoms with van der Waals surface area (Å²) in [5, 5.41) is 9.50. The third-order valence-corrected chi connectivity index (χ3v) is 2.35. The molecular weight excluding hydrogens is 182 g/mol. The zero-order valence-corrected chi connectivity index (χ0v) is 9.69. The monoisotopic (exact) mass is 205 g/mol. The standard InChI is InChI=1S/C10H23NO3/c1-9(5-6-13-3)11(2)7-10(12)8-14-4/h9-10,12H,5-8H2,1-4H3. The Bertz CT molecular complexity index is 133. The molecule has 0 aliphatic heterocycles. The maximum atomic E-state index is 9.50. The summed E-state index contributed by atoms with van der Waals surface area (Å²) in [7, 11) is 5.29.